The van der Waals surface area contributed by atoms with E-state index in [2.05, 4.69) is 0 Å². The van der Waals surface area contributed by atoms with Crippen molar-refractivity contribution >= 4 is 23.6 Å². The monoisotopic (exact) mass is 289 g/mol. The zero-order chi connectivity index (χ0) is 14.6. The minimum atomic E-state index is -1.32. The molecule has 0 aliphatic carbocycles. The van der Waals surface area contributed by atoms with E-state index in [1.807, 2.05) is 0 Å². The quantitative estimate of drug-likeness (QED) is 0.405. The van der Waals surface area contributed by atoms with Gasteiger partial charge in [-0.15, -0.1) is 11.8 Å². The van der Waals surface area contributed by atoms with E-state index in [9.17, 15) is 24.8 Å². The number of carbonyl (C=O) groups excluding carboxylic acids is 1. The Hall–Kier alpha value is -1.35. The summed E-state index contributed by atoms with van der Waals surface area (Å²) < 4.78 is -0.665. The highest BCUT2D eigenvalue weighted by Gasteiger charge is 2.70. The Bertz CT molecular complexity index is 468. The number of carboxylic acids is 1. The van der Waals surface area contributed by atoms with Gasteiger partial charge in [0.2, 0.25) is 12.5 Å². The van der Waals surface area contributed by atoms with Crippen molar-refractivity contribution < 1.29 is 19.6 Å². The molecule has 2 heterocycles. The number of aliphatic carboxylic acids is 1. The van der Waals surface area contributed by atoms with Crippen LogP contribution in [0.25, 0.3) is 0 Å². The third kappa shape index (κ3) is 1.88. The smallest absolute Gasteiger partial charge is 0.327 e. The largest absolute Gasteiger partial charge is 0.480 e. The lowest BCUT2D eigenvalue weighted by Crippen LogP contribution is -2.77. The molecule has 3 atom stereocenters. The van der Waals surface area contributed by atoms with E-state index in [0.29, 0.717) is 0 Å². The third-order valence-electron chi connectivity index (χ3n) is 3.62. The Kier molecular flexibility index (Phi) is 3.01. The van der Waals surface area contributed by atoms with Crippen LogP contribution in [0.3, 0.4) is 0 Å². The molecule has 2 aliphatic rings. The normalized spacial score (nSPS) is 35.7. The number of β-lactam (4-membered cyclic amide) rings is 1. The molecule has 2 fully saturated rings. The number of nitrogens with two attached hydrogens (primary N) is 1. The number of thioether (sulfide) groups is 1. The molecule has 8 nitrogen and oxygen atoms in total. The zero-order valence-corrected chi connectivity index (χ0v) is 11.3. The van der Waals surface area contributed by atoms with Crippen LogP contribution in [0.15, 0.2) is 0 Å². The maximum atomic E-state index is 12.1. The van der Waals surface area contributed by atoms with Crippen molar-refractivity contribution in [2.75, 3.05) is 6.54 Å². The molecule has 0 aromatic carbocycles. The summed E-state index contributed by atoms with van der Waals surface area (Å²) in [6.45, 7) is 3.07. The molecule has 0 bridgehead atoms. The van der Waals surface area contributed by atoms with Crippen LogP contribution in [0, 0.1) is 10.1 Å². The fourth-order valence-corrected chi connectivity index (χ4v) is 4.34. The van der Waals surface area contributed by atoms with Crippen molar-refractivity contribution in [3.8, 4) is 0 Å². The van der Waals surface area contributed by atoms with Crippen LogP contribution in [0.2, 0.25) is 0 Å². The van der Waals surface area contributed by atoms with Gasteiger partial charge in [0.1, 0.15) is 17.0 Å². The number of hydrogen-bond donors (Lipinski definition) is 2. The van der Waals surface area contributed by atoms with Crippen LogP contribution in [0.5, 0.6) is 0 Å². The van der Waals surface area contributed by atoms with Crippen LogP contribution in [0.4, 0.5) is 0 Å². The highest BCUT2D eigenvalue weighted by Crippen LogP contribution is 2.54. The number of carboxylic acid groups (broad SMARTS) is 1. The van der Waals surface area contributed by atoms with Crippen molar-refractivity contribution in [3.05, 3.63) is 10.1 Å². The van der Waals surface area contributed by atoms with Gasteiger partial charge in [0.05, 0.1) is 0 Å². The number of hydrogen-bond acceptors (Lipinski definition) is 6. The van der Waals surface area contributed by atoms with E-state index < -0.39 is 45.0 Å². The summed E-state index contributed by atoms with van der Waals surface area (Å²) in [7, 11) is 0. The van der Waals surface area contributed by atoms with Crippen LogP contribution >= 0.6 is 11.8 Å². The van der Waals surface area contributed by atoms with E-state index >= 15 is 0 Å². The fourth-order valence-electron chi connectivity index (χ4n) is 2.66. The van der Waals surface area contributed by atoms with Gasteiger partial charge in [-0.1, -0.05) is 0 Å². The lowest BCUT2D eigenvalue weighted by molar-refractivity contribution is -0.481. The molecule has 0 radical (unpaired) electrons. The number of nitrogens with zero attached hydrogens (tertiary/aromatic N) is 2. The standard InChI is InChI=1S/C10H15N3O5S/c1-9(2)5(6(14)15)13-7(16)10(11,8(13)19-9)3-4-12(17)18/h5,8H,3-4,11H2,1-2H3,(H,14,15)/t5-,8+,10-/m0/s1. The molecule has 106 valence electrons. The van der Waals surface area contributed by atoms with Gasteiger partial charge in [-0.2, -0.15) is 0 Å². The number of amides is 1. The van der Waals surface area contributed by atoms with E-state index in [1.54, 1.807) is 13.8 Å². The first-order valence-electron chi connectivity index (χ1n) is 5.75. The Labute approximate surface area is 113 Å². The van der Waals surface area contributed by atoms with Crippen molar-refractivity contribution in [1.29, 1.82) is 0 Å². The molecule has 2 rings (SSSR count). The second-order valence-electron chi connectivity index (χ2n) is 5.37. The van der Waals surface area contributed by atoms with Gasteiger partial charge in [-0.05, 0) is 13.8 Å². The second-order valence-corrected chi connectivity index (χ2v) is 7.11. The van der Waals surface area contributed by atoms with Gasteiger partial charge in [-0.3, -0.25) is 14.9 Å². The van der Waals surface area contributed by atoms with E-state index in [0.717, 1.165) is 0 Å². The van der Waals surface area contributed by atoms with E-state index in [-0.39, 0.29) is 6.42 Å². The number of nitro groups is 1. The predicted octanol–water partition coefficient (Wildman–Crippen LogP) is -0.502. The zero-order valence-electron chi connectivity index (χ0n) is 10.5. The molecule has 2 aliphatic heterocycles. The highest BCUT2D eigenvalue weighted by molar-refractivity contribution is 8.01. The van der Waals surface area contributed by atoms with Crippen molar-refractivity contribution in [1.82, 2.24) is 4.90 Å². The van der Waals surface area contributed by atoms with Gasteiger partial charge in [0.15, 0.2) is 0 Å². The van der Waals surface area contributed by atoms with Gasteiger partial charge >= 0.3 is 5.97 Å². The molecule has 0 aromatic rings. The average Bonchev–Trinajstić information content (AvgIpc) is 2.55. The summed E-state index contributed by atoms with van der Waals surface area (Å²) >= 11 is 1.29. The Balaban J connectivity index is 2.22. The van der Waals surface area contributed by atoms with Crippen molar-refractivity contribution in [2.45, 2.75) is 42.0 Å². The molecule has 2 saturated heterocycles. The lowest BCUT2D eigenvalue weighted by Gasteiger charge is -2.50. The molecule has 9 heteroatoms. The first-order valence-corrected chi connectivity index (χ1v) is 6.63. The molecule has 3 N–H and O–H groups in total. The molecular formula is C10H15N3O5S. The first-order chi connectivity index (χ1) is 8.61. The molecule has 0 unspecified atom stereocenters. The van der Waals surface area contributed by atoms with Crippen LogP contribution in [-0.2, 0) is 9.59 Å². The average molecular weight is 289 g/mol. The maximum absolute atomic E-state index is 12.1. The number of rotatable bonds is 4. The number of carbonyl (C=O) groups is 2. The molecule has 0 spiro atoms. The summed E-state index contributed by atoms with van der Waals surface area (Å²) in [4.78, 5) is 34.5. The third-order valence-corrected chi connectivity index (χ3v) is 5.32. The summed E-state index contributed by atoms with van der Waals surface area (Å²) in [5.74, 6) is -1.59. The molecule has 0 aromatic heterocycles. The summed E-state index contributed by atoms with van der Waals surface area (Å²) in [6, 6.07) is -0.942. The molecular weight excluding hydrogens is 274 g/mol. The minimum Gasteiger partial charge on any atom is -0.480 e. The van der Waals surface area contributed by atoms with Gasteiger partial charge in [0, 0.05) is 16.1 Å². The maximum Gasteiger partial charge on any atom is 0.327 e. The highest BCUT2D eigenvalue weighted by atomic mass is 32.2. The van der Waals surface area contributed by atoms with Gasteiger partial charge in [-0.25, -0.2) is 4.79 Å². The number of fused-ring (bicyclic) bond motifs is 1. The Morgan fingerprint density at radius 3 is 2.68 bits per heavy atom. The van der Waals surface area contributed by atoms with Crippen molar-refractivity contribution in [2.24, 2.45) is 5.73 Å². The Morgan fingerprint density at radius 1 is 1.63 bits per heavy atom. The molecule has 1 amide bonds. The Morgan fingerprint density at radius 2 is 2.21 bits per heavy atom. The molecule has 0 saturated carbocycles. The first kappa shape index (κ1) is 14.1. The van der Waals surface area contributed by atoms with Gasteiger partial charge in [0.25, 0.3) is 0 Å². The van der Waals surface area contributed by atoms with Crippen LogP contribution < -0.4 is 5.73 Å². The topological polar surface area (TPSA) is 127 Å². The summed E-state index contributed by atoms with van der Waals surface area (Å²) in [6.07, 6.45) is -0.0740. The van der Waals surface area contributed by atoms with Crippen LogP contribution in [0.1, 0.15) is 20.3 Å². The minimum absolute atomic E-state index is 0.0740. The fraction of sp³-hybridized carbons (Fsp3) is 0.800. The SMILES string of the molecule is CC1(C)S[C@H]2N(C(=O)[C@@]2(N)CC[N+](=O)[O-])[C@H]1C(=O)O. The van der Waals surface area contributed by atoms with Gasteiger partial charge < -0.3 is 15.7 Å². The van der Waals surface area contributed by atoms with E-state index in [4.69, 9.17) is 5.73 Å². The second kappa shape index (κ2) is 4.07. The van der Waals surface area contributed by atoms with E-state index in [1.165, 1.54) is 16.7 Å². The predicted molar refractivity (Wildman–Crippen MR) is 67.1 cm³/mol. The summed E-state index contributed by atoms with van der Waals surface area (Å²) in [5, 5.41) is 19.1. The lowest BCUT2D eigenvalue weighted by atomic mass is 9.83. The van der Waals surface area contributed by atoms with Crippen LogP contribution in [-0.4, -0.2) is 55.1 Å². The van der Waals surface area contributed by atoms with Crippen molar-refractivity contribution in [3.63, 3.8) is 0 Å². The summed E-state index contributed by atoms with van der Waals surface area (Å²) in [5.41, 5.74) is 4.63. The molecule has 19 heavy (non-hydrogen) atoms.